The van der Waals surface area contributed by atoms with Gasteiger partial charge in [-0.1, -0.05) is 23.4 Å². The van der Waals surface area contributed by atoms with Gasteiger partial charge in [0.1, 0.15) is 17.4 Å². The number of ether oxygens (including phenoxy) is 1. The van der Waals surface area contributed by atoms with Crippen molar-refractivity contribution in [3.63, 3.8) is 0 Å². The monoisotopic (exact) mass is 407 g/mol. The van der Waals surface area contributed by atoms with E-state index in [9.17, 15) is 17.2 Å². The van der Waals surface area contributed by atoms with E-state index < -0.39 is 26.6 Å². The lowest BCUT2D eigenvalue weighted by molar-refractivity contribution is 0.215. The molecule has 0 radical (unpaired) electrons. The van der Waals surface area contributed by atoms with Gasteiger partial charge in [0, 0.05) is 13.1 Å². The number of halogens is 2. The van der Waals surface area contributed by atoms with Crippen LogP contribution in [0.5, 0.6) is 5.75 Å². The summed E-state index contributed by atoms with van der Waals surface area (Å²) in [5, 5.41) is 3.92. The molecule has 0 unspecified atom stereocenters. The second-order valence-corrected chi connectivity index (χ2v) is 8.10. The van der Waals surface area contributed by atoms with Gasteiger partial charge in [-0.3, -0.25) is 0 Å². The van der Waals surface area contributed by atoms with Crippen molar-refractivity contribution in [3.8, 4) is 17.1 Å². The van der Waals surface area contributed by atoms with E-state index in [0.29, 0.717) is 17.1 Å². The minimum atomic E-state index is -4.29. The number of sulfonamides is 1. The van der Waals surface area contributed by atoms with Crippen molar-refractivity contribution in [1.29, 1.82) is 0 Å². The Morgan fingerprint density at radius 3 is 2.46 bits per heavy atom. The molecule has 146 valence electrons. The Hall–Kier alpha value is -2.85. The van der Waals surface area contributed by atoms with Crippen LogP contribution in [0.4, 0.5) is 8.78 Å². The Kier molecular flexibility index (Phi) is 4.60. The van der Waals surface area contributed by atoms with Crippen LogP contribution in [0.15, 0.2) is 51.9 Å². The maximum atomic E-state index is 13.9. The first-order valence-corrected chi connectivity index (χ1v) is 9.77. The van der Waals surface area contributed by atoms with Gasteiger partial charge in [0.2, 0.25) is 21.7 Å². The predicted molar refractivity (Wildman–Crippen MR) is 94.1 cm³/mol. The Labute approximate surface area is 159 Å². The highest BCUT2D eigenvalue weighted by Crippen LogP contribution is 2.34. The van der Waals surface area contributed by atoms with E-state index in [-0.39, 0.29) is 24.9 Å². The molecule has 4 rings (SSSR count). The topological polar surface area (TPSA) is 85.5 Å². The van der Waals surface area contributed by atoms with Gasteiger partial charge in [0.25, 0.3) is 0 Å². The molecular formula is C18H15F2N3O4S. The van der Waals surface area contributed by atoms with Crippen LogP contribution in [0.2, 0.25) is 0 Å². The molecule has 1 saturated heterocycles. The van der Waals surface area contributed by atoms with Crippen LogP contribution in [0.1, 0.15) is 11.8 Å². The zero-order chi connectivity index (χ0) is 19.9. The lowest BCUT2D eigenvalue weighted by Gasteiger charge is -2.35. The second-order valence-electron chi connectivity index (χ2n) is 6.23. The zero-order valence-electron chi connectivity index (χ0n) is 14.7. The molecule has 2 heterocycles. The van der Waals surface area contributed by atoms with E-state index in [1.165, 1.54) is 7.11 Å². The maximum Gasteiger partial charge on any atom is 0.248 e. The van der Waals surface area contributed by atoms with Gasteiger partial charge in [-0.2, -0.15) is 9.29 Å². The quantitative estimate of drug-likeness (QED) is 0.647. The van der Waals surface area contributed by atoms with Crippen molar-refractivity contribution in [3.05, 3.63) is 60.0 Å². The number of nitrogens with zero attached hydrogens (tertiary/aromatic N) is 3. The first kappa shape index (κ1) is 18.5. The normalized spacial score (nSPS) is 15.4. The van der Waals surface area contributed by atoms with Gasteiger partial charge in [-0.15, -0.1) is 0 Å². The number of benzene rings is 2. The smallest absolute Gasteiger partial charge is 0.248 e. The molecule has 0 aliphatic carbocycles. The molecule has 0 bridgehead atoms. The average Bonchev–Trinajstić information content (AvgIpc) is 3.09. The van der Waals surface area contributed by atoms with Crippen LogP contribution in [0.3, 0.4) is 0 Å². The molecule has 28 heavy (non-hydrogen) atoms. The molecule has 0 N–H and O–H groups in total. The third kappa shape index (κ3) is 3.04. The van der Waals surface area contributed by atoms with Crippen LogP contribution in [0.25, 0.3) is 11.4 Å². The van der Waals surface area contributed by atoms with E-state index in [1.54, 1.807) is 24.3 Å². The zero-order valence-corrected chi connectivity index (χ0v) is 15.5. The van der Waals surface area contributed by atoms with Gasteiger partial charge >= 0.3 is 0 Å². The van der Waals surface area contributed by atoms with Crippen molar-refractivity contribution >= 4 is 10.0 Å². The van der Waals surface area contributed by atoms with E-state index in [2.05, 4.69) is 10.1 Å². The number of aromatic nitrogens is 2. The largest absolute Gasteiger partial charge is 0.496 e. The van der Waals surface area contributed by atoms with Crippen LogP contribution in [0, 0.1) is 11.6 Å². The van der Waals surface area contributed by atoms with Gasteiger partial charge < -0.3 is 9.26 Å². The molecule has 0 saturated carbocycles. The number of methoxy groups -OCH3 is 1. The molecule has 0 amide bonds. The molecule has 0 atom stereocenters. The van der Waals surface area contributed by atoms with Gasteiger partial charge in [0.05, 0.1) is 18.6 Å². The highest BCUT2D eigenvalue weighted by atomic mass is 32.2. The van der Waals surface area contributed by atoms with Crippen molar-refractivity contribution in [1.82, 2.24) is 14.4 Å². The van der Waals surface area contributed by atoms with Crippen LogP contribution in [-0.4, -0.2) is 43.1 Å². The second kappa shape index (κ2) is 6.95. The minimum Gasteiger partial charge on any atom is -0.496 e. The van der Waals surface area contributed by atoms with Gasteiger partial charge in [-0.05, 0) is 24.3 Å². The Morgan fingerprint density at radius 2 is 1.79 bits per heavy atom. The summed E-state index contributed by atoms with van der Waals surface area (Å²) < 4.78 is 64.2. The van der Waals surface area contributed by atoms with E-state index in [4.69, 9.17) is 9.26 Å². The Morgan fingerprint density at radius 1 is 1.11 bits per heavy atom. The molecule has 1 aliphatic rings. The summed E-state index contributed by atoms with van der Waals surface area (Å²) in [5.41, 5.74) is 0.636. The summed E-state index contributed by atoms with van der Waals surface area (Å²) in [4.78, 5) is 3.36. The summed E-state index contributed by atoms with van der Waals surface area (Å²) in [5.74, 6) is -1.47. The Bertz CT molecular complexity index is 1110. The molecular weight excluding hydrogens is 392 g/mol. The predicted octanol–water partition coefficient (Wildman–Crippen LogP) is 2.81. The van der Waals surface area contributed by atoms with Gasteiger partial charge in [-0.25, -0.2) is 17.2 Å². The fourth-order valence-electron chi connectivity index (χ4n) is 2.99. The molecule has 1 aromatic heterocycles. The number of hydrogen-bond donors (Lipinski definition) is 0. The highest BCUT2D eigenvalue weighted by molar-refractivity contribution is 7.89. The molecule has 0 spiro atoms. The Balaban J connectivity index is 1.53. The first-order valence-electron chi connectivity index (χ1n) is 8.33. The van der Waals surface area contributed by atoms with E-state index in [0.717, 1.165) is 22.5 Å². The molecule has 7 nitrogen and oxygen atoms in total. The molecule has 1 fully saturated rings. The number of hydrogen-bond acceptors (Lipinski definition) is 6. The summed E-state index contributed by atoms with van der Waals surface area (Å²) in [6.45, 7) is -0.0205. The van der Waals surface area contributed by atoms with Crippen LogP contribution in [-0.2, 0) is 10.0 Å². The first-order chi connectivity index (χ1) is 13.4. The average molecular weight is 407 g/mol. The van der Waals surface area contributed by atoms with E-state index in [1.807, 2.05) is 0 Å². The molecule has 1 aliphatic heterocycles. The van der Waals surface area contributed by atoms with Gasteiger partial charge in [0.15, 0.2) is 4.90 Å². The molecule has 2 aromatic carbocycles. The fraction of sp³-hybridized carbons (Fsp3) is 0.222. The lowest BCUT2D eigenvalue weighted by atomic mass is 10.0. The van der Waals surface area contributed by atoms with Crippen LogP contribution >= 0.6 is 0 Å². The summed E-state index contributed by atoms with van der Waals surface area (Å²) >= 11 is 0. The van der Waals surface area contributed by atoms with Crippen molar-refractivity contribution in [2.45, 2.75) is 10.8 Å². The fourth-order valence-corrected chi connectivity index (χ4v) is 4.63. The standard InChI is InChI=1S/C18H15F2N3O4S/c1-26-15-8-3-2-5-12(15)17-21-18(27-22-17)11-9-23(10-11)28(24,25)16-13(19)6-4-7-14(16)20/h2-8,11H,9-10H2,1H3. The third-order valence-corrected chi connectivity index (χ3v) is 6.39. The summed E-state index contributed by atoms with van der Waals surface area (Å²) in [6, 6.07) is 10.1. The maximum absolute atomic E-state index is 13.9. The molecule has 10 heteroatoms. The number of rotatable bonds is 5. The SMILES string of the molecule is COc1ccccc1-c1noc(C2CN(S(=O)(=O)c3c(F)cccc3F)C2)n1. The minimum absolute atomic E-state index is 0.0103. The number of para-hydroxylation sites is 1. The summed E-state index contributed by atoms with van der Waals surface area (Å²) in [6.07, 6.45) is 0. The van der Waals surface area contributed by atoms with E-state index >= 15 is 0 Å². The van der Waals surface area contributed by atoms with Crippen molar-refractivity contribution in [2.24, 2.45) is 0 Å². The third-order valence-electron chi connectivity index (χ3n) is 4.50. The molecule has 3 aromatic rings. The lowest BCUT2D eigenvalue weighted by Crippen LogP contribution is -2.48. The van der Waals surface area contributed by atoms with Crippen molar-refractivity contribution in [2.75, 3.05) is 20.2 Å². The van der Waals surface area contributed by atoms with Crippen molar-refractivity contribution < 1.29 is 26.5 Å². The highest BCUT2D eigenvalue weighted by Gasteiger charge is 2.42. The van der Waals surface area contributed by atoms with Crippen LogP contribution < -0.4 is 4.74 Å². The summed E-state index contributed by atoms with van der Waals surface area (Å²) in [7, 11) is -2.76.